The standard InChI is InChI=1S/C10H16N2O2S2/c1-2-10-12-9(6-15-10)5-11-8-3-4-16(13,14)7-8/h6,8,11H,2-5,7H2,1H3. The van der Waals surface area contributed by atoms with Gasteiger partial charge in [-0.1, -0.05) is 6.92 Å². The van der Waals surface area contributed by atoms with Gasteiger partial charge in [0.05, 0.1) is 22.2 Å². The summed E-state index contributed by atoms with van der Waals surface area (Å²) in [6.45, 7) is 2.76. The molecular weight excluding hydrogens is 244 g/mol. The molecule has 2 rings (SSSR count). The Morgan fingerprint density at radius 3 is 3.00 bits per heavy atom. The fourth-order valence-electron chi connectivity index (χ4n) is 1.80. The number of hydrogen-bond donors (Lipinski definition) is 1. The predicted molar refractivity (Wildman–Crippen MR) is 65.4 cm³/mol. The SMILES string of the molecule is CCc1nc(CNC2CCS(=O)(=O)C2)cs1. The summed E-state index contributed by atoms with van der Waals surface area (Å²) in [5, 5.41) is 6.43. The molecule has 1 unspecified atom stereocenters. The van der Waals surface area contributed by atoms with Crippen LogP contribution in [0.15, 0.2) is 5.38 Å². The van der Waals surface area contributed by atoms with Gasteiger partial charge in [-0.05, 0) is 12.8 Å². The van der Waals surface area contributed by atoms with Gasteiger partial charge in [-0.2, -0.15) is 0 Å². The van der Waals surface area contributed by atoms with Gasteiger partial charge in [0.15, 0.2) is 9.84 Å². The van der Waals surface area contributed by atoms with E-state index in [0.29, 0.717) is 12.3 Å². The largest absolute Gasteiger partial charge is 0.307 e. The maximum atomic E-state index is 11.2. The summed E-state index contributed by atoms with van der Waals surface area (Å²) in [7, 11) is -2.78. The Hall–Kier alpha value is -0.460. The van der Waals surface area contributed by atoms with Gasteiger partial charge < -0.3 is 5.32 Å². The lowest BCUT2D eigenvalue weighted by molar-refractivity contribution is 0.549. The van der Waals surface area contributed by atoms with Crippen molar-refractivity contribution in [3.05, 3.63) is 16.1 Å². The third kappa shape index (κ3) is 3.02. The van der Waals surface area contributed by atoms with Gasteiger partial charge in [0.2, 0.25) is 0 Å². The van der Waals surface area contributed by atoms with E-state index in [1.807, 2.05) is 5.38 Å². The maximum absolute atomic E-state index is 11.2. The van der Waals surface area contributed by atoms with E-state index in [4.69, 9.17) is 0 Å². The van der Waals surface area contributed by atoms with Gasteiger partial charge in [0.25, 0.3) is 0 Å². The molecule has 0 aromatic carbocycles. The van der Waals surface area contributed by atoms with Gasteiger partial charge in [-0.3, -0.25) is 0 Å². The average molecular weight is 260 g/mol. The Labute approximate surface area is 100 Å². The quantitative estimate of drug-likeness (QED) is 0.877. The van der Waals surface area contributed by atoms with Crippen molar-refractivity contribution in [1.82, 2.24) is 10.3 Å². The summed E-state index contributed by atoms with van der Waals surface area (Å²) >= 11 is 1.66. The molecule has 1 atom stereocenters. The summed E-state index contributed by atoms with van der Waals surface area (Å²) < 4.78 is 22.5. The molecule has 1 aromatic rings. The Bertz CT molecular complexity index is 453. The van der Waals surface area contributed by atoms with Crippen molar-refractivity contribution in [1.29, 1.82) is 0 Å². The fourth-order valence-corrected chi connectivity index (χ4v) is 4.25. The lowest BCUT2D eigenvalue weighted by Crippen LogP contribution is -2.29. The first kappa shape index (κ1) is 12.0. The third-order valence-corrected chi connectivity index (χ3v) is 5.52. The molecular formula is C10H16N2O2S2. The van der Waals surface area contributed by atoms with Crippen LogP contribution in [0.4, 0.5) is 0 Å². The number of aromatic nitrogens is 1. The molecule has 0 saturated carbocycles. The molecule has 1 fully saturated rings. The van der Waals surface area contributed by atoms with Crippen LogP contribution >= 0.6 is 11.3 Å². The van der Waals surface area contributed by atoms with E-state index in [1.54, 1.807) is 11.3 Å². The highest BCUT2D eigenvalue weighted by atomic mass is 32.2. The van der Waals surface area contributed by atoms with Gasteiger partial charge in [-0.25, -0.2) is 13.4 Å². The van der Waals surface area contributed by atoms with Crippen LogP contribution in [0.3, 0.4) is 0 Å². The minimum atomic E-state index is -2.78. The van der Waals surface area contributed by atoms with Crippen molar-refractivity contribution >= 4 is 21.2 Å². The molecule has 0 aliphatic carbocycles. The highest BCUT2D eigenvalue weighted by molar-refractivity contribution is 7.91. The molecule has 1 aliphatic heterocycles. The Morgan fingerprint density at radius 1 is 1.62 bits per heavy atom. The molecule has 2 heterocycles. The predicted octanol–water partition coefficient (Wildman–Crippen LogP) is 0.982. The zero-order chi connectivity index (χ0) is 11.6. The lowest BCUT2D eigenvalue weighted by atomic mass is 10.2. The maximum Gasteiger partial charge on any atom is 0.151 e. The molecule has 16 heavy (non-hydrogen) atoms. The normalized spacial score (nSPS) is 23.7. The minimum Gasteiger partial charge on any atom is -0.307 e. The van der Waals surface area contributed by atoms with Crippen LogP contribution in [0, 0.1) is 0 Å². The molecule has 1 aliphatic rings. The molecule has 0 spiro atoms. The Kier molecular flexibility index (Phi) is 3.61. The van der Waals surface area contributed by atoms with E-state index in [1.165, 1.54) is 0 Å². The highest BCUT2D eigenvalue weighted by Crippen LogP contribution is 2.13. The zero-order valence-electron chi connectivity index (χ0n) is 9.27. The molecule has 1 N–H and O–H groups in total. The summed E-state index contributed by atoms with van der Waals surface area (Å²) in [6.07, 6.45) is 1.69. The van der Waals surface area contributed by atoms with Gasteiger partial charge in [-0.15, -0.1) is 11.3 Å². The van der Waals surface area contributed by atoms with Crippen LogP contribution in [0.2, 0.25) is 0 Å². The van der Waals surface area contributed by atoms with E-state index in [9.17, 15) is 8.42 Å². The second-order valence-electron chi connectivity index (χ2n) is 4.07. The van der Waals surface area contributed by atoms with E-state index < -0.39 is 9.84 Å². The molecule has 0 bridgehead atoms. The van der Waals surface area contributed by atoms with Crippen molar-refractivity contribution in [2.24, 2.45) is 0 Å². The number of rotatable bonds is 4. The summed E-state index contributed by atoms with van der Waals surface area (Å²) in [5.74, 6) is 0.597. The third-order valence-electron chi connectivity index (χ3n) is 2.71. The van der Waals surface area contributed by atoms with Crippen LogP contribution in [0.5, 0.6) is 0 Å². The van der Waals surface area contributed by atoms with Crippen LogP contribution in [0.25, 0.3) is 0 Å². The van der Waals surface area contributed by atoms with Crippen molar-refractivity contribution in [3.8, 4) is 0 Å². The highest BCUT2D eigenvalue weighted by Gasteiger charge is 2.27. The molecule has 0 amide bonds. The van der Waals surface area contributed by atoms with Crippen LogP contribution in [0.1, 0.15) is 24.0 Å². The second kappa shape index (κ2) is 4.81. The van der Waals surface area contributed by atoms with Crippen LogP contribution < -0.4 is 5.32 Å². The topological polar surface area (TPSA) is 59.1 Å². The number of thiazole rings is 1. The fraction of sp³-hybridized carbons (Fsp3) is 0.700. The summed E-state index contributed by atoms with van der Waals surface area (Å²) in [6, 6.07) is 0.108. The average Bonchev–Trinajstić information content (AvgIpc) is 2.81. The second-order valence-corrected chi connectivity index (χ2v) is 7.24. The van der Waals surface area contributed by atoms with E-state index in [0.717, 1.165) is 23.5 Å². The smallest absolute Gasteiger partial charge is 0.151 e. The lowest BCUT2D eigenvalue weighted by Gasteiger charge is -2.08. The monoisotopic (exact) mass is 260 g/mol. The minimum absolute atomic E-state index is 0.108. The molecule has 4 nitrogen and oxygen atoms in total. The first-order valence-electron chi connectivity index (χ1n) is 5.46. The van der Waals surface area contributed by atoms with Crippen LogP contribution in [-0.4, -0.2) is 30.9 Å². The number of aryl methyl sites for hydroxylation is 1. The van der Waals surface area contributed by atoms with Gasteiger partial charge in [0, 0.05) is 18.0 Å². The van der Waals surface area contributed by atoms with Crippen molar-refractivity contribution < 1.29 is 8.42 Å². The summed E-state index contributed by atoms with van der Waals surface area (Å²) in [4.78, 5) is 4.43. The Morgan fingerprint density at radius 2 is 2.44 bits per heavy atom. The van der Waals surface area contributed by atoms with E-state index in [2.05, 4.69) is 17.2 Å². The molecule has 6 heteroatoms. The first-order valence-corrected chi connectivity index (χ1v) is 8.16. The summed E-state index contributed by atoms with van der Waals surface area (Å²) in [5.41, 5.74) is 1.02. The van der Waals surface area contributed by atoms with E-state index >= 15 is 0 Å². The number of nitrogens with zero attached hydrogens (tertiary/aromatic N) is 1. The Balaban J connectivity index is 1.84. The van der Waals surface area contributed by atoms with Crippen molar-refractivity contribution in [2.45, 2.75) is 32.4 Å². The number of nitrogens with one attached hydrogen (secondary N) is 1. The van der Waals surface area contributed by atoms with Gasteiger partial charge in [0.1, 0.15) is 0 Å². The molecule has 1 saturated heterocycles. The van der Waals surface area contributed by atoms with Gasteiger partial charge >= 0.3 is 0 Å². The van der Waals surface area contributed by atoms with E-state index in [-0.39, 0.29) is 11.8 Å². The molecule has 1 aromatic heterocycles. The number of hydrogen-bond acceptors (Lipinski definition) is 5. The van der Waals surface area contributed by atoms with Crippen molar-refractivity contribution in [3.63, 3.8) is 0 Å². The molecule has 0 radical (unpaired) electrons. The van der Waals surface area contributed by atoms with Crippen molar-refractivity contribution in [2.75, 3.05) is 11.5 Å². The molecule has 90 valence electrons. The first-order chi connectivity index (χ1) is 7.59. The zero-order valence-corrected chi connectivity index (χ0v) is 10.9. The number of sulfone groups is 1. The van der Waals surface area contributed by atoms with Crippen LogP contribution in [-0.2, 0) is 22.8 Å².